The van der Waals surface area contributed by atoms with E-state index in [1.807, 2.05) is 19.4 Å². The summed E-state index contributed by atoms with van der Waals surface area (Å²) in [5.74, 6) is 0.461. The second kappa shape index (κ2) is 4.86. The van der Waals surface area contributed by atoms with E-state index >= 15 is 0 Å². The van der Waals surface area contributed by atoms with Crippen LogP contribution in [-0.2, 0) is 7.05 Å². The van der Waals surface area contributed by atoms with Crippen LogP contribution in [0.25, 0.3) is 11.3 Å². The van der Waals surface area contributed by atoms with Crippen LogP contribution in [0.1, 0.15) is 24.5 Å². The predicted octanol–water partition coefficient (Wildman–Crippen LogP) is 1.34. The molecule has 0 aromatic carbocycles. The Bertz CT molecular complexity index is 528. The zero-order valence-corrected chi connectivity index (χ0v) is 10.5. The molecular weight excluding hydrogens is 226 g/mol. The largest absolute Gasteiger partial charge is 0.316 e. The molecule has 18 heavy (non-hydrogen) atoms. The van der Waals surface area contributed by atoms with Crippen LogP contribution in [0, 0.1) is 0 Å². The first-order valence-electron chi connectivity index (χ1n) is 6.35. The van der Waals surface area contributed by atoms with Crippen molar-refractivity contribution in [1.29, 1.82) is 0 Å². The molecule has 5 nitrogen and oxygen atoms in total. The number of rotatable bonds is 2. The highest BCUT2D eigenvalue weighted by atomic mass is 15.2. The van der Waals surface area contributed by atoms with Gasteiger partial charge in [-0.3, -0.25) is 14.6 Å². The van der Waals surface area contributed by atoms with Crippen molar-refractivity contribution in [3.8, 4) is 11.3 Å². The summed E-state index contributed by atoms with van der Waals surface area (Å²) in [6.45, 7) is 2.10. The fraction of sp³-hybridized carbons (Fsp3) is 0.462. The van der Waals surface area contributed by atoms with Crippen molar-refractivity contribution in [1.82, 2.24) is 25.1 Å². The summed E-state index contributed by atoms with van der Waals surface area (Å²) in [4.78, 5) is 9.04. The molecule has 2 aromatic rings. The summed E-state index contributed by atoms with van der Waals surface area (Å²) in [5.41, 5.74) is 3.11. The lowest BCUT2D eigenvalue weighted by atomic mass is 9.93. The molecule has 1 N–H and O–H groups in total. The molecule has 0 unspecified atom stereocenters. The molecule has 0 bridgehead atoms. The number of nitrogens with one attached hydrogen (secondary N) is 1. The van der Waals surface area contributed by atoms with Gasteiger partial charge in [0.1, 0.15) is 0 Å². The normalized spacial score (nSPS) is 19.9. The van der Waals surface area contributed by atoms with E-state index in [0.717, 1.165) is 30.0 Å². The fourth-order valence-electron chi connectivity index (χ4n) is 2.50. The van der Waals surface area contributed by atoms with Gasteiger partial charge in [-0.05, 0) is 19.4 Å². The molecule has 1 saturated heterocycles. The summed E-state index contributed by atoms with van der Waals surface area (Å²) in [5, 5.41) is 7.64. The molecule has 1 fully saturated rings. The van der Waals surface area contributed by atoms with E-state index in [9.17, 15) is 0 Å². The Labute approximate surface area is 106 Å². The standard InChI is InChI=1S/C13H17N5/c1-18-9-11(8-17-18)13-12(15-5-6-16-13)10-3-2-4-14-7-10/h5-6,8-10,14H,2-4,7H2,1H3/t10-/m1/s1. The minimum atomic E-state index is 0.461. The molecule has 5 heteroatoms. The van der Waals surface area contributed by atoms with Crippen molar-refractivity contribution in [3.05, 3.63) is 30.5 Å². The monoisotopic (exact) mass is 243 g/mol. The molecule has 0 aliphatic carbocycles. The molecule has 1 aliphatic rings. The van der Waals surface area contributed by atoms with Crippen LogP contribution in [0.5, 0.6) is 0 Å². The van der Waals surface area contributed by atoms with E-state index < -0.39 is 0 Å². The first-order chi connectivity index (χ1) is 8.84. The number of aryl methyl sites for hydroxylation is 1. The Morgan fingerprint density at radius 1 is 1.33 bits per heavy atom. The Kier molecular flexibility index (Phi) is 3.06. The highest BCUT2D eigenvalue weighted by Crippen LogP contribution is 2.28. The first kappa shape index (κ1) is 11.3. The van der Waals surface area contributed by atoms with E-state index in [-0.39, 0.29) is 0 Å². The Morgan fingerprint density at radius 3 is 2.94 bits per heavy atom. The second-order valence-corrected chi connectivity index (χ2v) is 4.74. The molecule has 94 valence electrons. The van der Waals surface area contributed by atoms with Crippen molar-refractivity contribution >= 4 is 0 Å². The van der Waals surface area contributed by atoms with Crippen LogP contribution in [-0.4, -0.2) is 32.8 Å². The van der Waals surface area contributed by atoms with Gasteiger partial charge in [-0.15, -0.1) is 0 Å². The quantitative estimate of drug-likeness (QED) is 0.865. The van der Waals surface area contributed by atoms with Gasteiger partial charge in [-0.25, -0.2) is 0 Å². The van der Waals surface area contributed by atoms with Gasteiger partial charge >= 0.3 is 0 Å². The molecule has 2 aromatic heterocycles. The average molecular weight is 243 g/mol. The zero-order valence-electron chi connectivity index (χ0n) is 10.5. The summed E-state index contributed by atoms with van der Waals surface area (Å²) >= 11 is 0. The Hall–Kier alpha value is -1.75. The van der Waals surface area contributed by atoms with Gasteiger partial charge in [-0.1, -0.05) is 0 Å². The van der Waals surface area contributed by atoms with Crippen molar-refractivity contribution in [2.45, 2.75) is 18.8 Å². The van der Waals surface area contributed by atoms with E-state index in [1.165, 1.54) is 12.8 Å². The van der Waals surface area contributed by atoms with E-state index in [0.29, 0.717) is 5.92 Å². The minimum absolute atomic E-state index is 0.461. The van der Waals surface area contributed by atoms with Crippen LogP contribution < -0.4 is 5.32 Å². The van der Waals surface area contributed by atoms with Crippen molar-refractivity contribution < 1.29 is 0 Å². The number of nitrogens with zero attached hydrogens (tertiary/aromatic N) is 4. The maximum Gasteiger partial charge on any atom is 0.0952 e. The van der Waals surface area contributed by atoms with Crippen LogP contribution >= 0.6 is 0 Å². The SMILES string of the molecule is Cn1cc(-c2nccnc2[C@@H]2CCCNC2)cn1. The molecule has 3 heterocycles. The summed E-state index contributed by atoms with van der Waals surface area (Å²) < 4.78 is 1.80. The van der Waals surface area contributed by atoms with Crippen LogP contribution in [0.3, 0.4) is 0 Å². The van der Waals surface area contributed by atoms with Crippen molar-refractivity contribution in [2.24, 2.45) is 7.05 Å². The van der Waals surface area contributed by atoms with Gasteiger partial charge in [0, 0.05) is 43.7 Å². The van der Waals surface area contributed by atoms with Crippen LogP contribution in [0.4, 0.5) is 0 Å². The van der Waals surface area contributed by atoms with E-state index in [4.69, 9.17) is 0 Å². The maximum atomic E-state index is 4.55. The van der Waals surface area contributed by atoms with Crippen molar-refractivity contribution in [3.63, 3.8) is 0 Å². The van der Waals surface area contributed by atoms with E-state index in [2.05, 4.69) is 20.4 Å². The minimum Gasteiger partial charge on any atom is -0.316 e. The smallest absolute Gasteiger partial charge is 0.0952 e. The van der Waals surface area contributed by atoms with Gasteiger partial charge < -0.3 is 5.32 Å². The maximum absolute atomic E-state index is 4.55. The van der Waals surface area contributed by atoms with E-state index in [1.54, 1.807) is 17.1 Å². The average Bonchev–Trinajstić information content (AvgIpc) is 2.86. The number of piperidine rings is 1. The molecule has 3 rings (SSSR count). The third-order valence-corrected chi connectivity index (χ3v) is 3.39. The molecule has 0 amide bonds. The van der Waals surface area contributed by atoms with Gasteiger partial charge in [0.25, 0.3) is 0 Å². The Balaban J connectivity index is 1.99. The van der Waals surface area contributed by atoms with Gasteiger partial charge in [0.15, 0.2) is 0 Å². The number of hydrogen-bond acceptors (Lipinski definition) is 4. The second-order valence-electron chi connectivity index (χ2n) is 4.74. The number of aromatic nitrogens is 4. The zero-order chi connectivity index (χ0) is 12.4. The lowest BCUT2D eigenvalue weighted by Crippen LogP contribution is -2.29. The summed E-state index contributed by atoms with van der Waals surface area (Å²) in [6.07, 6.45) is 9.76. The van der Waals surface area contributed by atoms with Crippen LogP contribution in [0.15, 0.2) is 24.8 Å². The number of hydrogen-bond donors (Lipinski definition) is 1. The lowest BCUT2D eigenvalue weighted by molar-refractivity contribution is 0.454. The lowest BCUT2D eigenvalue weighted by Gasteiger charge is -2.23. The predicted molar refractivity (Wildman–Crippen MR) is 69.1 cm³/mol. The van der Waals surface area contributed by atoms with Gasteiger partial charge in [0.2, 0.25) is 0 Å². The van der Waals surface area contributed by atoms with Crippen molar-refractivity contribution in [2.75, 3.05) is 13.1 Å². The third-order valence-electron chi connectivity index (χ3n) is 3.39. The summed E-state index contributed by atoms with van der Waals surface area (Å²) in [6, 6.07) is 0. The topological polar surface area (TPSA) is 55.6 Å². The van der Waals surface area contributed by atoms with Gasteiger partial charge in [-0.2, -0.15) is 5.10 Å². The fourth-order valence-corrected chi connectivity index (χ4v) is 2.50. The van der Waals surface area contributed by atoms with Crippen LogP contribution in [0.2, 0.25) is 0 Å². The summed E-state index contributed by atoms with van der Waals surface area (Å²) in [7, 11) is 1.92. The molecule has 0 radical (unpaired) electrons. The molecule has 1 aliphatic heterocycles. The highest BCUT2D eigenvalue weighted by molar-refractivity contribution is 5.60. The molecular formula is C13H17N5. The molecule has 1 atom stereocenters. The highest BCUT2D eigenvalue weighted by Gasteiger charge is 2.21. The van der Waals surface area contributed by atoms with Gasteiger partial charge in [0.05, 0.1) is 17.6 Å². The Morgan fingerprint density at radius 2 is 2.22 bits per heavy atom. The first-order valence-corrected chi connectivity index (χ1v) is 6.35. The molecule has 0 spiro atoms. The molecule has 0 saturated carbocycles. The third kappa shape index (κ3) is 2.13.